The van der Waals surface area contributed by atoms with Crippen molar-refractivity contribution in [3.05, 3.63) is 68.1 Å². The summed E-state index contributed by atoms with van der Waals surface area (Å²) in [4.78, 5) is 27.8. The number of rotatable bonds is 3. The molecule has 2 aromatic heterocycles. The molecule has 0 N–H and O–H groups in total. The lowest BCUT2D eigenvalue weighted by atomic mass is 10.2. The highest BCUT2D eigenvalue weighted by atomic mass is 35.5. The number of pyridine rings is 1. The summed E-state index contributed by atoms with van der Waals surface area (Å²) in [6.07, 6.45) is 1.38. The fourth-order valence-corrected chi connectivity index (χ4v) is 2.28. The number of hydrogen-bond donors (Lipinski definition) is 0. The van der Waals surface area contributed by atoms with Crippen LogP contribution in [0, 0.1) is 0 Å². The zero-order valence-corrected chi connectivity index (χ0v) is 12.3. The molecule has 2 heterocycles. The Hall–Kier alpha value is -2.60. The average Bonchev–Trinajstić information content (AvgIpc) is 2.52. The minimum atomic E-state index is -0.761. The molecule has 1 aromatic carbocycles. The van der Waals surface area contributed by atoms with Crippen molar-refractivity contribution in [2.24, 2.45) is 0 Å². The Morgan fingerprint density at radius 1 is 1.27 bits per heavy atom. The monoisotopic (exact) mass is 318 g/mol. The van der Waals surface area contributed by atoms with Crippen LogP contribution in [0.3, 0.4) is 0 Å². The van der Waals surface area contributed by atoms with Crippen molar-refractivity contribution in [3.63, 3.8) is 0 Å². The molecule has 0 saturated heterocycles. The largest absolute Gasteiger partial charge is 0.497 e. The topological polar surface area (TPSA) is 74.3 Å². The van der Waals surface area contributed by atoms with E-state index in [2.05, 4.69) is 4.98 Å². The molecule has 0 saturated carbocycles. The van der Waals surface area contributed by atoms with E-state index >= 15 is 0 Å². The van der Waals surface area contributed by atoms with Gasteiger partial charge in [-0.2, -0.15) is 0 Å². The molecule has 0 aliphatic heterocycles. The van der Waals surface area contributed by atoms with Crippen LogP contribution in [0.4, 0.5) is 0 Å². The fourth-order valence-electron chi connectivity index (χ4n) is 2.13. The molecule has 0 unspecified atom stereocenters. The molecule has 3 aromatic rings. The van der Waals surface area contributed by atoms with Gasteiger partial charge in [0.2, 0.25) is 0 Å². The lowest BCUT2D eigenvalue weighted by Crippen LogP contribution is -2.26. The van der Waals surface area contributed by atoms with E-state index in [4.69, 9.17) is 20.8 Å². The molecule has 0 amide bonds. The predicted molar refractivity (Wildman–Crippen MR) is 81.6 cm³/mol. The number of nitrogens with zero attached hydrogens (tertiary/aromatic N) is 2. The number of halogens is 1. The maximum Gasteiger partial charge on any atom is 0.423 e. The Bertz CT molecular complexity index is 944. The summed E-state index contributed by atoms with van der Waals surface area (Å²) < 4.78 is 11.1. The van der Waals surface area contributed by atoms with E-state index in [1.54, 1.807) is 19.2 Å². The smallest absolute Gasteiger partial charge is 0.423 e. The first-order valence-electron chi connectivity index (χ1n) is 6.40. The molecule has 0 atom stereocenters. The van der Waals surface area contributed by atoms with Gasteiger partial charge in [-0.15, -0.1) is 0 Å². The second-order valence-electron chi connectivity index (χ2n) is 4.61. The van der Waals surface area contributed by atoms with Crippen LogP contribution in [0.5, 0.6) is 5.75 Å². The van der Waals surface area contributed by atoms with Crippen molar-refractivity contribution in [3.8, 4) is 5.75 Å². The first-order valence-corrected chi connectivity index (χ1v) is 6.78. The van der Waals surface area contributed by atoms with Crippen molar-refractivity contribution in [2.45, 2.75) is 6.54 Å². The first-order chi connectivity index (χ1) is 10.6. The highest BCUT2D eigenvalue weighted by Crippen LogP contribution is 2.15. The summed E-state index contributed by atoms with van der Waals surface area (Å²) >= 11 is 5.83. The Balaban J connectivity index is 2.13. The van der Waals surface area contributed by atoms with Gasteiger partial charge in [-0.05, 0) is 23.8 Å². The highest BCUT2D eigenvalue weighted by molar-refractivity contribution is 6.31. The van der Waals surface area contributed by atoms with Gasteiger partial charge in [0, 0.05) is 6.20 Å². The Kier molecular flexibility index (Phi) is 3.68. The van der Waals surface area contributed by atoms with Crippen LogP contribution in [0.15, 0.2) is 50.5 Å². The van der Waals surface area contributed by atoms with Crippen molar-refractivity contribution in [1.29, 1.82) is 0 Å². The molecular weight excluding hydrogens is 308 g/mol. The molecule has 0 aliphatic carbocycles. The molecule has 0 aliphatic rings. The molecule has 22 heavy (non-hydrogen) atoms. The summed E-state index contributed by atoms with van der Waals surface area (Å²) in [5, 5.41) is 0.468. The molecular formula is C15H11ClN2O4. The number of hydrogen-bond acceptors (Lipinski definition) is 5. The third-order valence-electron chi connectivity index (χ3n) is 3.21. The zero-order valence-electron chi connectivity index (χ0n) is 11.6. The SMILES string of the molecule is COc1ccc(Cn2c(=O)oc(=O)c3cc(Cl)cnc32)cc1. The minimum Gasteiger partial charge on any atom is -0.497 e. The van der Waals surface area contributed by atoms with Crippen LogP contribution < -0.4 is 16.1 Å². The second kappa shape index (κ2) is 5.65. The van der Waals surface area contributed by atoms with E-state index in [9.17, 15) is 9.59 Å². The maximum atomic E-state index is 12.0. The van der Waals surface area contributed by atoms with Crippen LogP contribution in [0.25, 0.3) is 11.0 Å². The van der Waals surface area contributed by atoms with Gasteiger partial charge in [-0.1, -0.05) is 23.7 Å². The highest BCUT2D eigenvalue weighted by Gasteiger charge is 2.11. The van der Waals surface area contributed by atoms with E-state index < -0.39 is 11.4 Å². The summed E-state index contributed by atoms with van der Waals surface area (Å²) in [5.41, 5.74) is 0.331. The molecule has 112 valence electrons. The van der Waals surface area contributed by atoms with Crippen molar-refractivity contribution in [1.82, 2.24) is 9.55 Å². The Labute approximate surface area is 129 Å². The van der Waals surface area contributed by atoms with Gasteiger partial charge >= 0.3 is 11.4 Å². The maximum absolute atomic E-state index is 12.0. The van der Waals surface area contributed by atoms with E-state index in [1.165, 1.54) is 16.8 Å². The predicted octanol–water partition coefficient (Wildman–Crippen LogP) is 2.06. The van der Waals surface area contributed by atoms with Gasteiger partial charge in [-0.25, -0.2) is 14.6 Å². The van der Waals surface area contributed by atoms with Gasteiger partial charge < -0.3 is 9.15 Å². The molecule has 0 fully saturated rings. The quantitative estimate of drug-likeness (QED) is 0.739. The van der Waals surface area contributed by atoms with Crippen molar-refractivity contribution >= 4 is 22.6 Å². The number of fused-ring (bicyclic) bond motifs is 1. The molecule has 0 bridgehead atoms. The lowest BCUT2D eigenvalue weighted by molar-refractivity contribution is 0.414. The molecule has 7 heteroatoms. The summed E-state index contributed by atoms with van der Waals surface area (Å²) in [6, 6.07) is 8.63. The standard InChI is InChI=1S/C15H11ClN2O4/c1-21-11-4-2-9(3-5-11)8-18-13-12(6-10(16)7-17-13)14(19)22-15(18)20/h2-7H,8H2,1H3. The molecule has 0 radical (unpaired) electrons. The molecule has 0 spiro atoms. The third kappa shape index (κ3) is 2.60. The number of ether oxygens (including phenoxy) is 1. The van der Waals surface area contributed by atoms with Crippen LogP contribution in [-0.4, -0.2) is 16.7 Å². The number of benzene rings is 1. The molecule has 3 rings (SSSR count). The van der Waals surface area contributed by atoms with E-state index in [0.29, 0.717) is 10.8 Å². The zero-order chi connectivity index (χ0) is 15.7. The van der Waals surface area contributed by atoms with Crippen LogP contribution >= 0.6 is 11.6 Å². The lowest BCUT2D eigenvalue weighted by Gasteiger charge is -2.08. The van der Waals surface area contributed by atoms with Gasteiger partial charge in [0.15, 0.2) is 5.65 Å². The van der Waals surface area contributed by atoms with E-state index in [1.807, 2.05) is 12.1 Å². The Morgan fingerprint density at radius 2 is 2.00 bits per heavy atom. The Morgan fingerprint density at radius 3 is 2.68 bits per heavy atom. The van der Waals surface area contributed by atoms with Gasteiger partial charge in [-0.3, -0.25) is 4.57 Å². The summed E-state index contributed by atoms with van der Waals surface area (Å²) in [5.74, 6) is -0.0476. The summed E-state index contributed by atoms with van der Waals surface area (Å²) in [6.45, 7) is 0.220. The van der Waals surface area contributed by atoms with Crippen molar-refractivity contribution in [2.75, 3.05) is 7.11 Å². The first kappa shape index (κ1) is 14.3. The van der Waals surface area contributed by atoms with Gasteiger partial charge in [0.05, 0.1) is 18.7 Å². The van der Waals surface area contributed by atoms with Gasteiger partial charge in [0.25, 0.3) is 0 Å². The third-order valence-corrected chi connectivity index (χ3v) is 3.42. The van der Waals surface area contributed by atoms with Gasteiger partial charge in [0.1, 0.15) is 11.1 Å². The summed E-state index contributed by atoms with van der Waals surface area (Å²) in [7, 11) is 1.58. The number of aromatic nitrogens is 2. The fraction of sp³-hybridized carbons (Fsp3) is 0.133. The van der Waals surface area contributed by atoms with E-state index in [-0.39, 0.29) is 17.6 Å². The van der Waals surface area contributed by atoms with E-state index in [0.717, 1.165) is 5.56 Å². The van der Waals surface area contributed by atoms with Crippen LogP contribution in [-0.2, 0) is 6.54 Å². The minimum absolute atomic E-state index is 0.167. The van der Waals surface area contributed by atoms with Crippen molar-refractivity contribution < 1.29 is 9.15 Å². The second-order valence-corrected chi connectivity index (χ2v) is 5.05. The van der Waals surface area contributed by atoms with Crippen LogP contribution in [0.2, 0.25) is 5.02 Å². The molecule has 6 nitrogen and oxygen atoms in total. The normalized spacial score (nSPS) is 10.8. The van der Waals surface area contributed by atoms with Crippen LogP contribution in [0.1, 0.15) is 5.56 Å². The average molecular weight is 319 g/mol. The number of methoxy groups -OCH3 is 1.